The van der Waals surface area contributed by atoms with Crippen LogP contribution in [0.25, 0.3) is 0 Å². The minimum atomic E-state index is -0.00503. The molecule has 1 aromatic rings. The van der Waals surface area contributed by atoms with E-state index in [1.807, 2.05) is 11.3 Å². The summed E-state index contributed by atoms with van der Waals surface area (Å²) < 4.78 is 0. The van der Waals surface area contributed by atoms with E-state index < -0.39 is 0 Å². The number of hydrogen-bond donors (Lipinski definition) is 2. The summed E-state index contributed by atoms with van der Waals surface area (Å²) in [5.74, 6) is 0.741. The van der Waals surface area contributed by atoms with E-state index in [1.165, 1.54) is 17.7 Å². The van der Waals surface area contributed by atoms with Gasteiger partial charge < -0.3 is 10.4 Å². The molecule has 1 saturated carbocycles. The second kappa shape index (κ2) is 5.98. The Morgan fingerprint density at radius 2 is 2.47 bits per heavy atom. The molecule has 0 bridgehead atoms. The maximum atomic E-state index is 9.66. The highest BCUT2D eigenvalue weighted by atomic mass is 32.1. The van der Waals surface area contributed by atoms with E-state index in [4.69, 9.17) is 0 Å². The van der Waals surface area contributed by atoms with Crippen LogP contribution in [-0.4, -0.2) is 23.8 Å². The van der Waals surface area contributed by atoms with Crippen LogP contribution >= 0.6 is 11.3 Å². The Hall–Kier alpha value is -0.380. The van der Waals surface area contributed by atoms with Gasteiger partial charge in [-0.1, -0.05) is 25.8 Å². The fraction of sp³-hybridized carbons (Fsp3) is 0.714. The number of aliphatic hydroxyl groups is 1. The molecule has 0 saturated heterocycles. The van der Waals surface area contributed by atoms with E-state index in [9.17, 15) is 5.11 Å². The molecular weight excluding hydrogens is 230 g/mol. The van der Waals surface area contributed by atoms with Crippen molar-refractivity contribution in [2.45, 2.75) is 44.6 Å². The van der Waals surface area contributed by atoms with Crippen molar-refractivity contribution < 1.29 is 5.11 Å². The summed E-state index contributed by atoms with van der Waals surface area (Å²) >= 11 is 1.81. The Morgan fingerprint density at radius 3 is 3.12 bits per heavy atom. The summed E-state index contributed by atoms with van der Waals surface area (Å²) in [6.07, 6.45) is 5.88. The summed E-state index contributed by atoms with van der Waals surface area (Å²) in [7, 11) is 0. The van der Waals surface area contributed by atoms with Gasteiger partial charge in [-0.05, 0) is 36.6 Å². The van der Waals surface area contributed by atoms with Gasteiger partial charge in [0.15, 0.2) is 0 Å². The molecule has 2 unspecified atom stereocenters. The molecule has 96 valence electrons. The second-order valence-corrected chi connectivity index (χ2v) is 6.43. The Morgan fingerprint density at radius 1 is 1.59 bits per heavy atom. The van der Waals surface area contributed by atoms with E-state index in [0.29, 0.717) is 0 Å². The zero-order valence-corrected chi connectivity index (χ0v) is 11.4. The summed E-state index contributed by atoms with van der Waals surface area (Å²) in [4.78, 5) is 1.43. The lowest BCUT2D eigenvalue weighted by Gasteiger charge is -2.39. The summed E-state index contributed by atoms with van der Waals surface area (Å²) in [5.41, 5.74) is -0.00503. The van der Waals surface area contributed by atoms with Gasteiger partial charge in [0.05, 0.1) is 6.61 Å². The van der Waals surface area contributed by atoms with Gasteiger partial charge >= 0.3 is 0 Å². The molecule has 3 heteroatoms. The van der Waals surface area contributed by atoms with E-state index >= 15 is 0 Å². The van der Waals surface area contributed by atoms with Crippen LogP contribution in [0, 0.1) is 5.92 Å². The maximum Gasteiger partial charge on any atom is 0.0613 e. The minimum absolute atomic E-state index is 0.00503. The van der Waals surface area contributed by atoms with Crippen LogP contribution in [0.1, 0.15) is 37.5 Å². The van der Waals surface area contributed by atoms with E-state index in [2.05, 4.69) is 29.8 Å². The molecule has 1 fully saturated rings. The van der Waals surface area contributed by atoms with Crippen LogP contribution in [0.3, 0.4) is 0 Å². The first-order chi connectivity index (χ1) is 8.24. The summed E-state index contributed by atoms with van der Waals surface area (Å²) in [5, 5.41) is 15.4. The fourth-order valence-corrected chi connectivity index (χ4v) is 3.63. The summed E-state index contributed by atoms with van der Waals surface area (Å²) in [6, 6.07) is 4.28. The normalized spacial score (nSPS) is 29.4. The van der Waals surface area contributed by atoms with Crippen molar-refractivity contribution in [1.29, 1.82) is 0 Å². The van der Waals surface area contributed by atoms with Crippen LogP contribution in [0.5, 0.6) is 0 Å². The first-order valence-electron chi connectivity index (χ1n) is 6.62. The third kappa shape index (κ3) is 3.54. The first-order valence-corrected chi connectivity index (χ1v) is 7.50. The standard InChI is InChI=1S/C14H23NOS/c1-12-4-2-7-14(10-12,11-16)15-8-6-13-5-3-9-17-13/h3,5,9,12,15-16H,2,4,6-8,10-11H2,1H3. The van der Waals surface area contributed by atoms with Crippen molar-refractivity contribution in [3.63, 3.8) is 0 Å². The van der Waals surface area contributed by atoms with Crippen LogP contribution in [0.4, 0.5) is 0 Å². The van der Waals surface area contributed by atoms with Gasteiger partial charge in [-0.25, -0.2) is 0 Å². The Labute approximate surface area is 108 Å². The molecule has 1 aliphatic carbocycles. The largest absolute Gasteiger partial charge is 0.394 e. The zero-order chi connectivity index (χ0) is 12.1. The number of nitrogens with one attached hydrogen (secondary N) is 1. The number of hydrogen-bond acceptors (Lipinski definition) is 3. The van der Waals surface area contributed by atoms with Gasteiger partial charge in [0, 0.05) is 17.0 Å². The van der Waals surface area contributed by atoms with Gasteiger partial charge in [-0.15, -0.1) is 11.3 Å². The average molecular weight is 253 g/mol. The number of rotatable bonds is 5. The predicted molar refractivity (Wildman–Crippen MR) is 73.5 cm³/mol. The van der Waals surface area contributed by atoms with Crippen molar-refractivity contribution in [2.24, 2.45) is 5.92 Å². The molecule has 1 aromatic heterocycles. The van der Waals surface area contributed by atoms with Crippen LogP contribution in [0.2, 0.25) is 0 Å². The van der Waals surface area contributed by atoms with Crippen molar-refractivity contribution in [2.75, 3.05) is 13.2 Å². The molecule has 2 rings (SSSR count). The van der Waals surface area contributed by atoms with E-state index in [0.717, 1.165) is 31.7 Å². The molecule has 17 heavy (non-hydrogen) atoms. The average Bonchev–Trinajstić information content (AvgIpc) is 2.82. The van der Waals surface area contributed by atoms with Crippen LogP contribution in [0.15, 0.2) is 17.5 Å². The molecule has 1 heterocycles. The molecule has 0 aromatic carbocycles. The lowest BCUT2D eigenvalue weighted by Crippen LogP contribution is -2.52. The molecule has 2 N–H and O–H groups in total. The topological polar surface area (TPSA) is 32.3 Å². The Kier molecular flexibility index (Phi) is 4.60. The van der Waals surface area contributed by atoms with Crippen molar-refractivity contribution in [3.05, 3.63) is 22.4 Å². The molecule has 0 amide bonds. The van der Waals surface area contributed by atoms with Crippen molar-refractivity contribution >= 4 is 11.3 Å². The highest BCUT2D eigenvalue weighted by Crippen LogP contribution is 2.31. The van der Waals surface area contributed by atoms with Crippen molar-refractivity contribution in [1.82, 2.24) is 5.32 Å². The monoisotopic (exact) mass is 253 g/mol. The molecule has 2 atom stereocenters. The Bertz CT molecular complexity index is 325. The maximum absolute atomic E-state index is 9.66. The van der Waals surface area contributed by atoms with Gasteiger partial charge in [0.1, 0.15) is 0 Å². The number of thiophene rings is 1. The van der Waals surface area contributed by atoms with E-state index in [-0.39, 0.29) is 12.1 Å². The van der Waals surface area contributed by atoms with E-state index in [1.54, 1.807) is 0 Å². The molecule has 2 nitrogen and oxygen atoms in total. The second-order valence-electron chi connectivity index (χ2n) is 5.40. The Balaban J connectivity index is 1.82. The number of aliphatic hydroxyl groups excluding tert-OH is 1. The third-order valence-electron chi connectivity index (χ3n) is 3.85. The SMILES string of the molecule is CC1CCCC(CO)(NCCc2cccs2)C1. The fourth-order valence-electron chi connectivity index (χ4n) is 2.93. The molecule has 0 radical (unpaired) electrons. The first kappa shape index (κ1) is 13.1. The van der Waals surface area contributed by atoms with Crippen LogP contribution in [-0.2, 0) is 6.42 Å². The van der Waals surface area contributed by atoms with Gasteiger partial charge in [0.2, 0.25) is 0 Å². The molecule has 0 spiro atoms. The molecule has 1 aliphatic rings. The van der Waals surface area contributed by atoms with Crippen LogP contribution < -0.4 is 5.32 Å². The highest BCUT2D eigenvalue weighted by molar-refractivity contribution is 7.09. The summed E-state index contributed by atoms with van der Waals surface area (Å²) in [6.45, 7) is 3.56. The van der Waals surface area contributed by atoms with Gasteiger partial charge in [0.25, 0.3) is 0 Å². The zero-order valence-electron chi connectivity index (χ0n) is 10.6. The minimum Gasteiger partial charge on any atom is -0.394 e. The molecular formula is C14H23NOS. The quantitative estimate of drug-likeness (QED) is 0.846. The van der Waals surface area contributed by atoms with Gasteiger partial charge in [-0.2, -0.15) is 0 Å². The highest BCUT2D eigenvalue weighted by Gasteiger charge is 2.33. The predicted octanol–water partition coefficient (Wildman–Crippen LogP) is 2.82. The molecule has 0 aliphatic heterocycles. The smallest absolute Gasteiger partial charge is 0.0613 e. The third-order valence-corrected chi connectivity index (χ3v) is 4.78. The van der Waals surface area contributed by atoms with Gasteiger partial charge in [-0.3, -0.25) is 0 Å². The van der Waals surface area contributed by atoms with Crippen molar-refractivity contribution in [3.8, 4) is 0 Å². The lowest BCUT2D eigenvalue weighted by atomic mass is 9.77. The lowest BCUT2D eigenvalue weighted by molar-refractivity contribution is 0.100.